The molecule has 1 amide bonds. The van der Waals surface area contributed by atoms with Crippen molar-refractivity contribution >= 4 is 33.7 Å². The van der Waals surface area contributed by atoms with Gasteiger partial charge < -0.3 is 15.0 Å². The molecule has 2 aromatic heterocycles. The number of H-pyrrole nitrogens is 1. The molecule has 0 aliphatic rings. The number of nitrogens with zero attached hydrogens (tertiary/aromatic N) is 2. The SMILES string of the molecule is CC[C@H](C)[C@H](NC(=O)[C@@H](Cc1c[nH]c2ccccc12)n1cnc2ccccc2c1=O)C(=O)OC. The molecule has 2 aromatic carbocycles. The molecule has 4 rings (SSSR count). The van der Waals surface area contributed by atoms with E-state index in [1.54, 1.807) is 18.2 Å². The number of methoxy groups -OCH3 is 1. The molecule has 0 saturated heterocycles. The molecule has 0 bridgehead atoms. The molecule has 0 radical (unpaired) electrons. The number of hydrogen-bond donors (Lipinski definition) is 2. The monoisotopic (exact) mass is 460 g/mol. The number of aromatic nitrogens is 3. The highest BCUT2D eigenvalue weighted by molar-refractivity contribution is 5.89. The Morgan fingerprint density at radius 3 is 2.56 bits per heavy atom. The fourth-order valence-electron chi connectivity index (χ4n) is 4.18. The Kier molecular flexibility index (Phi) is 6.77. The second kappa shape index (κ2) is 9.91. The van der Waals surface area contributed by atoms with Crippen molar-refractivity contribution in [2.75, 3.05) is 7.11 Å². The van der Waals surface area contributed by atoms with Gasteiger partial charge in [0.1, 0.15) is 12.1 Å². The van der Waals surface area contributed by atoms with Crippen LogP contribution in [0.5, 0.6) is 0 Å². The van der Waals surface area contributed by atoms with Gasteiger partial charge in [0.15, 0.2) is 0 Å². The molecule has 0 fully saturated rings. The first-order valence-electron chi connectivity index (χ1n) is 11.3. The van der Waals surface area contributed by atoms with Gasteiger partial charge in [-0.3, -0.25) is 14.2 Å². The zero-order valence-corrected chi connectivity index (χ0v) is 19.4. The second-order valence-electron chi connectivity index (χ2n) is 8.45. The largest absolute Gasteiger partial charge is 0.467 e. The number of ether oxygens (including phenoxy) is 1. The number of hydrogen-bond acceptors (Lipinski definition) is 5. The van der Waals surface area contributed by atoms with E-state index in [2.05, 4.69) is 15.3 Å². The number of nitrogens with one attached hydrogen (secondary N) is 2. The van der Waals surface area contributed by atoms with E-state index >= 15 is 0 Å². The Labute approximate surface area is 197 Å². The van der Waals surface area contributed by atoms with Gasteiger partial charge in [0.05, 0.1) is 24.3 Å². The number of carbonyl (C=O) groups is 2. The minimum absolute atomic E-state index is 0.142. The van der Waals surface area contributed by atoms with E-state index in [1.165, 1.54) is 18.0 Å². The molecule has 0 spiro atoms. The summed E-state index contributed by atoms with van der Waals surface area (Å²) < 4.78 is 6.28. The van der Waals surface area contributed by atoms with Crippen molar-refractivity contribution < 1.29 is 14.3 Å². The minimum Gasteiger partial charge on any atom is -0.467 e. The number of aromatic amines is 1. The summed E-state index contributed by atoms with van der Waals surface area (Å²) in [6, 6.07) is 13.1. The van der Waals surface area contributed by atoms with Crippen molar-refractivity contribution in [3.05, 3.63) is 77.0 Å². The predicted molar refractivity (Wildman–Crippen MR) is 130 cm³/mol. The number of para-hydroxylation sites is 2. The summed E-state index contributed by atoms with van der Waals surface area (Å²) in [5.74, 6) is -1.10. The van der Waals surface area contributed by atoms with Crippen LogP contribution in [0, 0.1) is 5.92 Å². The molecule has 8 nitrogen and oxygen atoms in total. The molecule has 8 heteroatoms. The van der Waals surface area contributed by atoms with E-state index in [9.17, 15) is 14.4 Å². The van der Waals surface area contributed by atoms with Crippen LogP contribution in [-0.2, 0) is 20.7 Å². The number of fused-ring (bicyclic) bond motifs is 2. The first kappa shape index (κ1) is 23.2. The molecule has 0 aliphatic heterocycles. The highest BCUT2D eigenvalue weighted by Crippen LogP contribution is 2.23. The number of rotatable bonds is 8. The number of esters is 1. The fraction of sp³-hybridized carbons (Fsp3) is 0.308. The van der Waals surface area contributed by atoms with Gasteiger partial charge in [0.25, 0.3) is 5.56 Å². The highest BCUT2D eigenvalue weighted by atomic mass is 16.5. The van der Waals surface area contributed by atoms with Gasteiger partial charge in [-0.05, 0) is 29.7 Å². The fourth-order valence-corrected chi connectivity index (χ4v) is 4.18. The third-order valence-corrected chi connectivity index (χ3v) is 6.38. The summed E-state index contributed by atoms with van der Waals surface area (Å²) in [5, 5.41) is 4.23. The van der Waals surface area contributed by atoms with Crippen LogP contribution in [0.2, 0.25) is 0 Å². The van der Waals surface area contributed by atoms with Crippen molar-refractivity contribution in [2.45, 2.75) is 38.8 Å². The van der Waals surface area contributed by atoms with Crippen LogP contribution in [0.3, 0.4) is 0 Å². The molecule has 0 unspecified atom stereocenters. The third kappa shape index (κ3) is 4.44. The Balaban J connectivity index is 1.78. The van der Waals surface area contributed by atoms with Crippen LogP contribution >= 0.6 is 0 Å². The van der Waals surface area contributed by atoms with Crippen molar-refractivity contribution in [1.82, 2.24) is 19.9 Å². The van der Waals surface area contributed by atoms with E-state index in [1.807, 2.05) is 50.4 Å². The zero-order chi connectivity index (χ0) is 24.2. The van der Waals surface area contributed by atoms with Crippen molar-refractivity contribution in [1.29, 1.82) is 0 Å². The van der Waals surface area contributed by atoms with Crippen molar-refractivity contribution in [2.24, 2.45) is 5.92 Å². The Bertz CT molecular complexity index is 1390. The molecule has 2 N–H and O–H groups in total. The molecule has 34 heavy (non-hydrogen) atoms. The molecule has 0 aliphatic carbocycles. The molecular weight excluding hydrogens is 432 g/mol. The minimum atomic E-state index is -0.917. The van der Waals surface area contributed by atoms with Crippen LogP contribution in [0.15, 0.2) is 65.8 Å². The maximum absolute atomic E-state index is 13.6. The maximum Gasteiger partial charge on any atom is 0.328 e. The molecule has 0 saturated carbocycles. The number of benzene rings is 2. The van der Waals surface area contributed by atoms with Crippen LogP contribution in [0.25, 0.3) is 21.8 Å². The Morgan fingerprint density at radius 2 is 1.82 bits per heavy atom. The number of carbonyl (C=O) groups excluding carboxylic acids is 2. The van der Waals surface area contributed by atoms with Crippen LogP contribution in [-0.4, -0.2) is 39.6 Å². The Morgan fingerprint density at radius 1 is 1.12 bits per heavy atom. The lowest BCUT2D eigenvalue weighted by atomic mass is 9.98. The van der Waals surface area contributed by atoms with Gasteiger partial charge in [-0.2, -0.15) is 0 Å². The lowest BCUT2D eigenvalue weighted by Gasteiger charge is -2.25. The van der Waals surface area contributed by atoms with Crippen molar-refractivity contribution in [3.63, 3.8) is 0 Å². The summed E-state index contributed by atoms with van der Waals surface area (Å²) >= 11 is 0. The maximum atomic E-state index is 13.6. The van der Waals surface area contributed by atoms with E-state index in [-0.39, 0.29) is 17.9 Å². The average molecular weight is 461 g/mol. The summed E-state index contributed by atoms with van der Waals surface area (Å²) in [4.78, 5) is 47.0. The van der Waals surface area contributed by atoms with Gasteiger partial charge in [-0.15, -0.1) is 0 Å². The second-order valence-corrected chi connectivity index (χ2v) is 8.45. The molecular formula is C26H28N4O4. The quantitative estimate of drug-likeness (QED) is 0.392. The molecule has 2 heterocycles. The smallest absolute Gasteiger partial charge is 0.328 e. The third-order valence-electron chi connectivity index (χ3n) is 6.38. The summed E-state index contributed by atoms with van der Waals surface area (Å²) in [6.45, 7) is 3.81. The lowest BCUT2D eigenvalue weighted by molar-refractivity contribution is -0.147. The zero-order valence-electron chi connectivity index (χ0n) is 19.4. The molecule has 3 atom stereocenters. The van der Waals surface area contributed by atoms with E-state index in [0.29, 0.717) is 17.3 Å². The van der Waals surface area contributed by atoms with Gasteiger partial charge in [0, 0.05) is 23.5 Å². The van der Waals surface area contributed by atoms with Crippen LogP contribution < -0.4 is 10.9 Å². The summed E-state index contributed by atoms with van der Waals surface area (Å²) in [5.41, 5.74) is 2.06. The van der Waals surface area contributed by atoms with Crippen LogP contribution in [0.1, 0.15) is 31.9 Å². The number of amides is 1. The summed E-state index contributed by atoms with van der Waals surface area (Å²) in [6.07, 6.45) is 4.16. The van der Waals surface area contributed by atoms with Gasteiger partial charge in [-0.1, -0.05) is 50.6 Å². The van der Waals surface area contributed by atoms with E-state index in [0.717, 1.165) is 16.5 Å². The first-order chi connectivity index (χ1) is 16.4. The van der Waals surface area contributed by atoms with E-state index in [4.69, 9.17) is 4.74 Å². The average Bonchev–Trinajstić information content (AvgIpc) is 3.28. The topological polar surface area (TPSA) is 106 Å². The van der Waals surface area contributed by atoms with Crippen LogP contribution in [0.4, 0.5) is 0 Å². The first-order valence-corrected chi connectivity index (χ1v) is 11.3. The van der Waals surface area contributed by atoms with Gasteiger partial charge >= 0.3 is 5.97 Å². The van der Waals surface area contributed by atoms with Gasteiger partial charge in [-0.25, -0.2) is 9.78 Å². The molecule has 4 aromatic rings. The van der Waals surface area contributed by atoms with Crippen molar-refractivity contribution in [3.8, 4) is 0 Å². The predicted octanol–water partition coefficient (Wildman–Crippen LogP) is 3.37. The highest BCUT2D eigenvalue weighted by Gasteiger charge is 2.31. The van der Waals surface area contributed by atoms with E-state index < -0.39 is 24.0 Å². The normalized spacial score (nSPS) is 14.0. The standard InChI is InChI=1S/C26H28N4O4/c1-4-16(2)23(26(33)34-3)29-24(31)22(13-17-14-27-20-11-7-5-9-18(17)20)30-15-28-21-12-8-6-10-19(21)25(30)32/h5-12,14-16,22-23,27H,4,13H2,1-3H3,(H,29,31)/t16-,22+,23-/m0/s1. The lowest BCUT2D eigenvalue weighted by Crippen LogP contribution is -2.49. The Hall–Kier alpha value is -3.94. The summed E-state index contributed by atoms with van der Waals surface area (Å²) in [7, 11) is 1.30. The van der Waals surface area contributed by atoms with Gasteiger partial charge in [0.2, 0.25) is 5.91 Å². The molecule has 176 valence electrons.